The van der Waals surface area contributed by atoms with Crippen LogP contribution < -0.4 is 5.32 Å². The molecule has 2 aromatic carbocycles. The Hall–Kier alpha value is -2.17. The van der Waals surface area contributed by atoms with E-state index in [4.69, 9.17) is 0 Å². The van der Waals surface area contributed by atoms with Gasteiger partial charge in [-0.15, -0.1) is 0 Å². The van der Waals surface area contributed by atoms with Gasteiger partial charge in [0.25, 0.3) is 0 Å². The molecule has 0 aliphatic heterocycles. The van der Waals surface area contributed by atoms with Gasteiger partial charge in [0, 0.05) is 25.7 Å². The van der Waals surface area contributed by atoms with Crippen molar-refractivity contribution in [3.8, 4) is 0 Å². The van der Waals surface area contributed by atoms with Gasteiger partial charge in [0.15, 0.2) is 0 Å². The smallest absolute Gasteiger partial charge is 0.234 e. The molecule has 3 rings (SSSR count). The van der Waals surface area contributed by atoms with Crippen molar-refractivity contribution in [2.45, 2.75) is 31.8 Å². The van der Waals surface area contributed by atoms with Crippen molar-refractivity contribution in [2.24, 2.45) is 0 Å². The van der Waals surface area contributed by atoms with Gasteiger partial charge < -0.3 is 10.4 Å². The molecule has 1 aliphatic rings. The van der Waals surface area contributed by atoms with Crippen LogP contribution in [0, 0.1) is 0 Å². The van der Waals surface area contributed by atoms with Gasteiger partial charge >= 0.3 is 0 Å². The van der Waals surface area contributed by atoms with E-state index in [2.05, 4.69) is 34.5 Å². The molecule has 0 aromatic heterocycles. The highest BCUT2D eigenvalue weighted by Crippen LogP contribution is 2.35. The number of carbonyl (C=O) groups is 1. The van der Waals surface area contributed by atoms with Crippen LogP contribution in [-0.2, 0) is 17.8 Å². The highest BCUT2D eigenvalue weighted by atomic mass is 16.3. The lowest BCUT2D eigenvalue weighted by atomic mass is 10.1. The zero-order valence-electron chi connectivity index (χ0n) is 14.5. The minimum atomic E-state index is 0.0335. The van der Waals surface area contributed by atoms with Crippen molar-refractivity contribution < 1.29 is 9.90 Å². The Kier molecular flexibility index (Phi) is 6.20. The van der Waals surface area contributed by atoms with Crippen molar-refractivity contribution in [3.05, 3.63) is 71.3 Å². The van der Waals surface area contributed by atoms with E-state index in [0.29, 0.717) is 19.5 Å². The van der Waals surface area contributed by atoms with Crippen LogP contribution in [0.5, 0.6) is 0 Å². The van der Waals surface area contributed by atoms with Crippen LogP contribution >= 0.6 is 0 Å². The van der Waals surface area contributed by atoms with Gasteiger partial charge in [0.2, 0.25) is 5.91 Å². The summed E-state index contributed by atoms with van der Waals surface area (Å²) >= 11 is 0. The molecule has 1 atom stereocenters. The van der Waals surface area contributed by atoms with E-state index in [1.165, 1.54) is 11.1 Å². The fourth-order valence-electron chi connectivity index (χ4n) is 3.57. The molecule has 1 unspecified atom stereocenters. The van der Waals surface area contributed by atoms with Crippen molar-refractivity contribution in [1.29, 1.82) is 0 Å². The molecule has 0 heterocycles. The third kappa shape index (κ3) is 4.68. The van der Waals surface area contributed by atoms with Crippen LogP contribution in [0.15, 0.2) is 54.6 Å². The number of aliphatic hydroxyl groups is 1. The quantitative estimate of drug-likeness (QED) is 0.778. The first-order chi connectivity index (χ1) is 12.3. The molecule has 0 radical (unpaired) electrons. The summed E-state index contributed by atoms with van der Waals surface area (Å²) in [6, 6.07) is 18.7. The summed E-state index contributed by atoms with van der Waals surface area (Å²) in [5.41, 5.74) is 3.81. The SMILES string of the molecule is O=C(CN(CCCO)C1CCc2ccccc21)NCc1ccccc1. The highest BCUT2D eigenvalue weighted by molar-refractivity contribution is 5.78. The van der Waals surface area contributed by atoms with Gasteiger partial charge in [-0.25, -0.2) is 0 Å². The molecule has 0 fully saturated rings. The van der Waals surface area contributed by atoms with Crippen molar-refractivity contribution in [2.75, 3.05) is 19.7 Å². The van der Waals surface area contributed by atoms with E-state index in [1.807, 2.05) is 30.3 Å². The van der Waals surface area contributed by atoms with Gasteiger partial charge in [0.1, 0.15) is 0 Å². The van der Waals surface area contributed by atoms with Gasteiger partial charge in [-0.3, -0.25) is 9.69 Å². The second-order valence-electron chi connectivity index (χ2n) is 6.56. The number of benzene rings is 2. The Labute approximate surface area is 149 Å². The number of carbonyl (C=O) groups excluding carboxylic acids is 1. The molecular formula is C21H26N2O2. The number of nitrogens with one attached hydrogen (secondary N) is 1. The Bertz CT molecular complexity index is 687. The van der Waals surface area contributed by atoms with E-state index in [0.717, 1.165) is 24.9 Å². The van der Waals surface area contributed by atoms with Crippen LogP contribution in [0.4, 0.5) is 0 Å². The molecule has 0 spiro atoms. The Morgan fingerprint density at radius 1 is 1.12 bits per heavy atom. The minimum absolute atomic E-state index is 0.0335. The van der Waals surface area contributed by atoms with E-state index < -0.39 is 0 Å². The number of hydrogen-bond acceptors (Lipinski definition) is 3. The van der Waals surface area contributed by atoms with Crippen LogP contribution in [0.3, 0.4) is 0 Å². The zero-order chi connectivity index (χ0) is 17.5. The van der Waals surface area contributed by atoms with E-state index in [1.54, 1.807) is 0 Å². The van der Waals surface area contributed by atoms with E-state index in [-0.39, 0.29) is 18.6 Å². The van der Waals surface area contributed by atoms with Gasteiger partial charge in [0.05, 0.1) is 6.54 Å². The first-order valence-electron chi connectivity index (χ1n) is 9.01. The van der Waals surface area contributed by atoms with E-state index in [9.17, 15) is 9.90 Å². The summed E-state index contributed by atoms with van der Waals surface area (Å²) in [7, 11) is 0. The second kappa shape index (κ2) is 8.79. The average Bonchev–Trinajstić information content (AvgIpc) is 3.08. The standard InChI is InChI=1S/C21H26N2O2/c24-14-6-13-23(20-12-11-18-9-4-5-10-19(18)20)16-21(25)22-15-17-7-2-1-3-8-17/h1-5,7-10,20,24H,6,11-16H2,(H,22,25). The molecule has 2 N–H and O–H groups in total. The first-order valence-corrected chi connectivity index (χ1v) is 9.01. The minimum Gasteiger partial charge on any atom is -0.396 e. The van der Waals surface area contributed by atoms with E-state index >= 15 is 0 Å². The molecular weight excluding hydrogens is 312 g/mol. The number of aliphatic hydroxyl groups excluding tert-OH is 1. The summed E-state index contributed by atoms with van der Waals surface area (Å²) in [6.07, 6.45) is 2.78. The molecule has 25 heavy (non-hydrogen) atoms. The monoisotopic (exact) mass is 338 g/mol. The summed E-state index contributed by atoms with van der Waals surface area (Å²) in [6.45, 7) is 1.80. The predicted molar refractivity (Wildman–Crippen MR) is 99.1 cm³/mol. The number of rotatable bonds is 8. The number of aryl methyl sites for hydroxylation is 1. The lowest BCUT2D eigenvalue weighted by molar-refractivity contribution is -0.123. The third-order valence-electron chi connectivity index (χ3n) is 4.82. The average molecular weight is 338 g/mol. The fourth-order valence-corrected chi connectivity index (χ4v) is 3.57. The Morgan fingerprint density at radius 2 is 1.88 bits per heavy atom. The molecule has 1 aliphatic carbocycles. The van der Waals surface area contributed by atoms with Crippen LogP contribution in [0.1, 0.15) is 35.6 Å². The first kappa shape index (κ1) is 17.6. The van der Waals surface area contributed by atoms with Crippen LogP contribution in [0.2, 0.25) is 0 Å². The van der Waals surface area contributed by atoms with Crippen molar-refractivity contribution in [3.63, 3.8) is 0 Å². The maximum Gasteiger partial charge on any atom is 0.234 e. The lowest BCUT2D eigenvalue weighted by Crippen LogP contribution is -2.39. The molecule has 4 heteroatoms. The van der Waals surface area contributed by atoms with Gasteiger partial charge in [-0.05, 0) is 36.0 Å². The maximum atomic E-state index is 12.4. The summed E-state index contributed by atoms with van der Waals surface area (Å²) < 4.78 is 0. The summed E-state index contributed by atoms with van der Waals surface area (Å²) in [4.78, 5) is 14.7. The molecule has 0 saturated carbocycles. The summed E-state index contributed by atoms with van der Waals surface area (Å²) in [5.74, 6) is 0.0335. The number of nitrogens with zero attached hydrogens (tertiary/aromatic N) is 1. The molecule has 1 amide bonds. The largest absolute Gasteiger partial charge is 0.396 e. The van der Waals surface area contributed by atoms with Crippen LogP contribution in [-0.4, -0.2) is 35.6 Å². The zero-order valence-corrected chi connectivity index (χ0v) is 14.5. The maximum absolute atomic E-state index is 12.4. The molecule has 4 nitrogen and oxygen atoms in total. The van der Waals surface area contributed by atoms with Crippen molar-refractivity contribution in [1.82, 2.24) is 10.2 Å². The molecule has 2 aromatic rings. The van der Waals surface area contributed by atoms with Gasteiger partial charge in [-0.1, -0.05) is 54.6 Å². The third-order valence-corrected chi connectivity index (χ3v) is 4.82. The molecule has 0 bridgehead atoms. The predicted octanol–water partition coefficient (Wildman–Crippen LogP) is 2.67. The van der Waals surface area contributed by atoms with Crippen molar-refractivity contribution >= 4 is 5.91 Å². The number of hydrogen-bond donors (Lipinski definition) is 2. The van der Waals surface area contributed by atoms with Gasteiger partial charge in [-0.2, -0.15) is 0 Å². The molecule has 132 valence electrons. The molecule has 0 saturated heterocycles. The topological polar surface area (TPSA) is 52.6 Å². The second-order valence-corrected chi connectivity index (χ2v) is 6.56. The summed E-state index contributed by atoms with van der Waals surface area (Å²) in [5, 5.41) is 12.2. The Balaban J connectivity index is 1.62. The fraction of sp³-hybridized carbons (Fsp3) is 0.381. The highest BCUT2D eigenvalue weighted by Gasteiger charge is 2.28. The number of amides is 1. The lowest BCUT2D eigenvalue weighted by Gasteiger charge is -2.29. The number of fused-ring (bicyclic) bond motifs is 1. The Morgan fingerprint density at radius 3 is 2.68 bits per heavy atom. The van der Waals surface area contributed by atoms with Crippen LogP contribution in [0.25, 0.3) is 0 Å². The normalized spacial score (nSPS) is 16.0.